The van der Waals surface area contributed by atoms with Gasteiger partial charge in [-0.2, -0.15) is 0 Å². The van der Waals surface area contributed by atoms with E-state index in [1.807, 2.05) is 30.5 Å². The molecule has 1 aliphatic heterocycles. The molecule has 1 unspecified atom stereocenters. The number of nitrogens with one attached hydrogen (secondary N) is 1. The van der Waals surface area contributed by atoms with Gasteiger partial charge in [-0.05, 0) is 37.5 Å². The zero-order chi connectivity index (χ0) is 19.3. The minimum Gasteiger partial charge on any atom is -0.462 e. The summed E-state index contributed by atoms with van der Waals surface area (Å²) in [5.41, 5.74) is 2.67. The van der Waals surface area contributed by atoms with Gasteiger partial charge in [-0.3, -0.25) is 0 Å². The van der Waals surface area contributed by atoms with Gasteiger partial charge >= 0.3 is 5.97 Å². The summed E-state index contributed by atoms with van der Waals surface area (Å²) >= 11 is 0. The Morgan fingerprint density at radius 3 is 2.79 bits per heavy atom. The molecule has 4 rings (SSSR count). The number of carbonyl (C=O) groups is 1. The summed E-state index contributed by atoms with van der Waals surface area (Å²) in [6.45, 7) is 3.97. The van der Waals surface area contributed by atoms with Crippen LogP contribution in [-0.4, -0.2) is 40.6 Å². The number of nitrogens with zero attached hydrogens (tertiary/aromatic N) is 3. The number of ether oxygens (including phenoxy) is 1. The lowest BCUT2D eigenvalue weighted by Crippen LogP contribution is -2.35. The molecule has 144 valence electrons. The fraction of sp³-hybridized carbons (Fsp3) is 0.318. The molecule has 0 spiro atoms. The lowest BCUT2D eigenvalue weighted by Gasteiger charge is -2.32. The van der Waals surface area contributed by atoms with Crippen molar-refractivity contribution in [3.63, 3.8) is 0 Å². The molecule has 0 saturated carbocycles. The van der Waals surface area contributed by atoms with Gasteiger partial charge in [-0.25, -0.2) is 14.8 Å². The number of imidazole rings is 1. The van der Waals surface area contributed by atoms with Crippen LogP contribution in [0, 0.1) is 0 Å². The van der Waals surface area contributed by atoms with Crippen LogP contribution in [0.15, 0.2) is 54.9 Å². The van der Waals surface area contributed by atoms with Crippen LogP contribution in [-0.2, 0) is 4.74 Å². The van der Waals surface area contributed by atoms with Crippen molar-refractivity contribution in [1.82, 2.24) is 15.0 Å². The van der Waals surface area contributed by atoms with Crippen LogP contribution in [0.1, 0.15) is 41.9 Å². The van der Waals surface area contributed by atoms with Gasteiger partial charge in [0.25, 0.3) is 0 Å². The van der Waals surface area contributed by atoms with E-state index in [2.05, 4.69) is 32.0 Å². The molecular weight excluding hydrogens is 352 g/mol. The Balaban J connectivity index is 1.46. The number of piperidine rings is 1. The van der Waals surface area contributed by atoms with E-state index >= 15 is 0 Å². The van der Waals surface area contributed by atoms with Crippen molar-refractivity contribution in [2.45, 2.75) is 25.7 Å². The zero-order valence-electron chi connectivity index (χ0n) is 16.0. The van der Waals surface area contributed by atoms with Gasteiger partial charge < -0.3 is 14.6 Å². The van der Waals surface area contributed by atoms with E-state index in [-0.39, 0.29) is 5.97 Å². The third kappa shape index (κ3) is 3.91. The van der Waals surface area contributed by atoms with Crippen LogP contribution >= 0.6 is 0 Å². The number of esters is 1. The molecule has 2 aromatic heterocycles. The van der Waals surface area contributed by atoms with E-state index in [1.165, 1.54) is 0 Å². The van der Waals surface area contributed by atoms with Gasteiger partial charge in [-0.1, -0.05) is 30.3 Å². The minimum atomic E-state index is -0.331. The number of pyridine rings is 1. The van der Waals surface area contributed by atoms with Crippen molar-refractivity contribution in [3.8, 4) is 11.3 Å². The first-order valence-electron chi connectivity index (χ1n) is 9.73. The minimum absolute atomic E-state index is 0.331. The standard InChI is InChI=1S/C22H24N4O2/c1-2-28-22(27)17-10-11-20(23-13-17)26-12-6-9-18(15-26)21-24-14-19(25-21)16-7-4-3-5-8-16/h3-5,7-8,10-11,13-14,18H,2,6,9,12,15H2,1H3,(H,24,25). The molecule has 28 heavy (non-hydrogen) atoms. The molecule has 1 aromatic carbocycles. The second kappa shape index (κ2) is 8.25. The van der Waals surface area contributed by atoms with Gasteiger partial charge in [0.15, 0.2) is 0 Å². The van der Waals surface area contributed by atoms with Gasteiger partial charge in [0, 0.05) is 25.2 Å². The van der Waals surface area contributed by atoms with Crippen molar-refractivity contribution in [2.24, 2.45) is 0 Å². The van der Waals surface area contributed by atoms with Gasteiger partial charge in [0.05, 0.1) is 24.1 Å². The van der Waals surface area contributed by atoms with Gasteiger partial charge in [-0.15, -0.1) is 0 Å². The topological polar surface area (TPSA) is 71.1 Å². The second-order valence-corrected chi connectivity index (χ2v) is 6.96. The predicted octanol–water partition coefficient (Wildman–Crippen LogP) is 4.03. The number of rotatable bonds is 5. The molecule has 1 atom stereocenters. The highest BCUT2D eigenvalue weighted by atomic mass is 16.5. The maximum atomic E-state index is 11.8. The summed E-state index contributed by atoms with van der Waals surface area (Å²) in [5.74, 6) is 1.90. The van der Waals surface area contributed by atoms with Crippen LogP contribution < -0.4 is 4.90 Å². The van der Waals surface area contributed by atoms with Crippen LogP contribution in [0.2, 0.25) is 0 Å². The van der Waals surface area contributed by atoms with E-state index < -0.39 is 0 Å². The third-order valence-electron chi connectivity index (χ3n) is 5.07. The maximum absolute atomic E-state index is 11.8. The average Bonchev–Trinajstić information content (AvgIpc) is 3.25. The highest BCUT2D eigenvalue weighted by Gasteiger charge is 2.24. The van der Waals surface area contributed by atoms with Crippen molar-refractivity contribution in [1.29, 1.82) is 0 Å². The molecular formula is C22H24N4O2. The van der Waals surface area contributed by atoms with E-state index in [0.29, 0.717) is 18.1 Å². The zero-order valence-corrected chi connectivity index (χ0v) is 16.0. The largest absolute Gasteiger partial charge is 0.462 e. The molecule has 3 aromatic rings. The highest BCUT2D eigenvalue weighted by molar-refractivity contribution is 5.89. The Labute approximate surface area is 164 Å². The Morgan fingerprint density at radius 2 is 2.04 bits per heavy atom. The van der Waals surface area contributed by atoms with E-state index in [0.717, 1.165) is 48.8 Å². The first-order valence-corrected chi connectivity index (χ1v) is 9.73. The Morgan fingerprint density at radius 1 is 1.18 bits per heavy atom. The van der Waals surface area contributed by atoms with Crippen molar-refractivity contribution >= 4 is 11.8 Å². The molecule has 0 bridgehead atoms. The molecule has 0 radical (unpaired) electrons. The van der Waals surface area contributed by atoms with E-state index in [4.69, 9.17) is 4.74 Å². The number of anilines is 1. The van der Waals surface area contributed by atoms with Crippen LogP contribution in [0.25, 0.3) is 11.3 Å². The fourth-order valence-electron chi connectivity index (χ4n) is 3.63. The predicted molar refractivity (Wildman–Crippen MR) is 108 cm³/mol. The molecule has 0 amide bonds. The molecule has 0 aliphatic carbocycles. The average molecular weight is 376 g/mol. The third-order valence-corrected chi connectivity index (χ3v) is 5.07. The Bertz CT molecular complexity index is 921. The van der Waals surface area contributed by atoms with Crippen molar-refractivity contribution < 1.29 is 9.53 Å². The molecule has 3 heterocycles. The number of hydrogen-bond donors (Lipinski definition) is 1. The van der Waals surface area contributed by atoms with Gasteiger partial charge in [0.2, 0.25) is 0 Å². The smallest absolute Gasteiger partial charge is 0.339 e. The SMILES string of the molecule is CCOC(=O)c1ccc(N2CCCC(c3ncc(-c4ccccc4)[nH]3)C2)nc1. The number of benzene rings is 1. The first kappa shape index (κ1) is 18.2. The van der Waals surface area contributed by atoms with Crippen molar-refractivity contribution in [3.05, 3.63) is 66.2 Å². The highest BCUT2D eigenvalue weighted by Crippen LogP contribution is 2.29. The number of aromatic amines is 1. The number of hydrogen-bond acceptors (Lipinski definition) is 5. The van der Waals surface area contributed by atoms with Crippen LogP contribution in [0.3, 0.4) is 0 Å². The van der Waals surface area contributed by atoms with Crippen molar-refractivity contribution in [2.75, 3.05) is 24.6 Å². The second-order valence-electron chi connectivity index (χ2n) is 6.96. The lowest BCUT2D eigenvalue weighted by atomic mass is 9.97. The normalized spacial score (nSPS) is 16.8. The number of aromatic nitrogens is 3. The summed E-state index contributed by atoms with van der Waals surface area (Å²) in [4.78, 5) is 26.7. The van der Waals surface area contributed by atoms with E-state index in [9.17, 15) is 4.79 Å². The van der Waals surface area contributed by atoms with Gasteiger partial charge in [0.1, 0.15) is 11.6 Å². The summed E-state index contributed by atoms with van der Waals surface area (Å²) < 4.78 is 5.02. The molecule has 1 saturated heterocycles. The lowest BCUT2D eigenvalue weighted by molar-refractivity contribution is 0.0526. The summed E-state index contributed by atoms with van der Waals surface area (Å²) in [6.07, 6.45) is 5.68. The van der Waals surface area contributed by atoms with E-state index in [1.54, 1.807) is 19.2 Å². The maximum Gasteiger partial charge on any atom is 0.339 e. The Hall–Kier alpha value is -3.15. The number of H-pyrrole nitrogens is 1. The summed E-state index contributed by atoms with van der Waals surface area (Å²) in [6, 6.07) is 13.9. The van der Waals surface area contributed by atoms with Crippen LogP contribution in [0.5, 0.6) is 0 Å². The quantitative estimate of drug-likeness (QED) is 0.681. The Kier molecular flexibility index (Phi) is 5.37. The molecule has 1 aliphatic rings. The molecule has 1 N–H and O–H groups in total. The summed E-state index contributed by atoms with van der Waals surface area (Å²) in [7, 11) is 0. The summed E-state index contributed by atoms with van der Waals surface area (Å²) in [5, 5.41) is 0. The molecule has 1 fully saturated rings. The monoisotopic (exact) mass is 376 g/mol. The molecule has 6 nitrogen and oxygen atoms in total. The molecule has 6 heteroatoms. The van der Waals surface area contributed by atoms with Crippen LogP contribution in [0.4, 0.5) is 5.82 Å². The fourth-order valence-corrected chi connectivity index (χ4v) is 3.63. The number of carbonyl (C=O) groups excluding carboxylic acids is 1. The first-order chi connectivity index (χ1) is 13.7.